The van der Waals surface area contributed by atoms with Crippen molar-refractivity contribution in [2.45, 2.75) is 37.6 Å². The van der Waals surface area contributed by atoms with Crippen LogP contribution in [0.25, 0.3) is 5.70 Å². The summed E-state index contributed by atoms with van der Waals surface area (Å²) < 4.78 is 5.63. The molecule has 1 aliphatic heterocycles. The van der Waals surface area contributed by atoms with Crippen molar-refractivity contribution in [3.05, 3.63) is 78.6 Å². The fourth-order valence-corrected chi connectivity index (χ4v) is 4.54. The maximum Gasteiger partial charge on any atom is 0.158 e. The van der Waals surface area contributed by atoms with Crippen LogP contribution in [-0.4, -0.2) is 35.4 Å². The number of aromatic nitrogens is 1. The van der Waals surface area contributed by atoms with Crippen LogP contribution in [0.4, 0.5) is 0 Å². The van der Waals surface area contributed by atoms with E-state index in [0.717, 1.165) is 54.8 Å². The number of hydrogen-bond donors (Lipinski definition) is 0. The Kier molecular flexibility index (Phi) is 5.52. The molecular formula is C25H28N2O2. The van der Waals surface area contributed by atoms with Crippen LogP contribution in [0.2, 0.25) is 0 Å². The fraction of sp³-hybridized carbons (Fsp3) is 0.360. The summed E-state index contributed by atoms with van der Waals surface area (Å²) in [5, 5.41) is 0. The van der Waals surface area contributed by atoms with Gasteiger partial charge in [0.15, 0.2) is 5.78 Å². The first kappa shape index (κ1) is 19.4. The van der Waals surface area contributed by atoms with Crippen LogP contribution in [0.1, 0.15) is 41.9 Å². The average molecular weight is 389 g/mol. The molecule has 2 aromatic rings. The number of allylic oxidation sites excluding steroid dienone is 1. The summed E-state index contributed by atoms with van der Waals surface area (Å²) >= 11 is 0. The maximum atomic E-state index is 13.4. The molecule has 0 amide bonds. The van der Waals surface area contributed by atoms with Gasteiger partial charge in [-0.1, -0.05) is 24.8 Å². The molecule has 4 nitrogen and oxygen atoms in total. The van der Waals surface area contributed by atoms with Crippen LogP contribution in [0.5, 0.6) is 5.75 Å². The summed E-state index contributed by atoms with van der Waals surface area (Å²) in [6.07, 6.45) is 9.10. The Labute approximate surface area is 172 Å². The summed E-state index contributed by atoms with van der Waals surface area (Å²) in [7, 11) is 1.70. The molecule has 4 heteroatoms. The molecule has 0 spiro atoms. The van der Waals surface area contributed by atoms with Gasteiger partial charge in [0.1, 0.15) is 5.75 Å². The SMILES string of the molecule is C=CCc1ccc([C@@H]2CC2C(=O)C2CCCN2C(=C)c2cccnc2)c(OC)c1. The molecule has 150 valence electrons. The lowest BCUT2D eigenvalue weighted by Gasteiger charge is -2.28. The molecule has 0 radical (unpaired) electrons. The summed E-state index contributed by atoms with van der Waals surface area (Å²) in [6.45, 7) is 8.94. The van der Waals surface area contributed by atoms with E-state index in [2.05, 4.69) is 41.2 Å². The van der Waals surface area contributed by atoms with Crippen LogP contribution < -0.4 is 4.74 Å². The van der Waals surface area contributed by atoms with Crippen molar-refractivity contribution < 1.29 is 9.53 Å². The predicted octanol–water partition coefficient (Wildman–Crippen LogP) is 4.63. The van der Waals surface area contributed by atoms with Gasteiger partial charge in [-0.25, -0.2) is 0 Å². The molecule has 2 fully saturated rings. The van der Waals surface area contributed by atoms with Crippen LogP contribution in [0.3, 0.4) is 0 Å². The van der Waals surface area contributed by atoms with Gasteiger partial charge in [0, 0.05) is 36.1 Å². The van der Waals surface area contributed by atoms with Gasteiger partial charge in [-0.3, -0.25) is 9.78 Å². The van der Waals surface area contributed by atoms with Crippen LogP contribution in [-0.2, 0) is 11.2 Å². The molecule has 2 heterocycles. The zero-order chi connectivity index (χ0) is 20.4. The Morgan fingerprint density at radius 1 is 1.38 bits per heavy atom. The highest BCUT2D eigenvalue weighted by Gasteiger charge is 2.49. The Morgan fingerprint density at radius 2 is 2.24 bits per heavy atom. The van der Waals surface area contributed by atoms with Gasteiger partial charge < -0.3 is 9.64 Å². The van der Waals surface area contributed by atoms with Crippen molar-refractivity contribution >= 4 is 11.5 Å². The zero-order valence-corrected chi connectivity index (χ0v) is 17.0. The van der Waals surface area contributed by atoms with E-state index in [-0.39, 0.29) is 17.9 Å². The standard InChI is InChI=1S/C25H28N2O2/c1-4-7-18-10-11-20(24(14-18)29-3)21-15-22(21)25(28)23-9-6-13-27(23)17(2)19-8-5-12-26-16-19/h4-5,8,10-12,14,16,21-23H,1-2,6-7,9,13,15H2,3H3/t21-,22?,23?/m0/s1. The molecule has 1 aromatic heterocycles. The summed E-state index contributed by atoms with van der Waals surface area (Å²) in [4.78, 5) is 19.7. The maximum absolute atomic E-state index is 13.4. The van der Waals surface area contributed by atoms with Crippen molar-refractivity contribution in [1.29, 1.82) is 0 Å². The molecular weight excluding hydrogens is 360 g/mol. The quantitative estimate of drug-likeness (QED) is 0.619. The highest BCUT2D eigenvalue weighted by atomic mass is 16.5. The summed E-state index contributed by atoms with van der Waals surface area (Å²) in [5.41, 5.74) is 4.21. The molecule has 2 aliphatic rings. The second kappa shape index (κ2) is 8.24. The second-order valence-electron chi connectivity index (χ2n) is 7.96. The Morgan fingerprint density at radius 3 is 2.97 bits per heavy atom. The molecule has 3 atom stereocenters. The third-order valence-electron chi connectivity index (χ3n) is 6.16. The first-order chi connectivity index (χ1) is 14.1. The third-order valence-corrected chi connectivity index (χ3v) is 6.16. The minimum absolute atomic E-state index is 0.0708. The second-order valence-corrected chi connectivity index (χ2v) is 7.96. The number of hydrogen-bond acceptors (Lipinski definition) is 4. The summed E-state index contributed by atoms with van der Waals surface area (Å²) in [6, 6.07) is 10.1. The molecule has 1 aliphatic carbocycles. The third kappa shape index (κ3) is 3.84. The monoisotopic (exact) mass is 388 g/mol. The highest BCUT2D eigenvalue weighted by molar-refractivity contribution is 5.91. The van der Waals surface area contributed by atoms with Crippen LogP contribution >= 0.6 is 0 Å². The van der Waals surface area contributed by atoms with Crippen molar-refractivity contribution in [1.82, 2.24) is 9.88 Å². The number of ketones is 1. The Hall–Kier alpha value is -2.88. The van der Waals surface area contributed by atoms with Crippen LogP contribution in [0, 0.1) is 5.92 Å². The van der Waals surface area contributed by atoms with Gasteiger partial charge in [0.2, 0.25) is 0 Å². The van der Waals surface area contributed by atoms with E-state index in [1.54, 1.807) is 13.3 Å². The molecule has 1 saturated carbocycles. The number of benzene rings is 1. The molecule has 0 bridgehead atoms. The fourth-order valence-electron chi connectivity index (χ4n) is 4.54. The lowest BCUT2D eigenvalue weighted by molar-refractivity contribution is -0.123. The Balaban J connectivity index is 1.48. The number of methoxy groups -OCH3 is 1. The number of ether oxygens (including phenoxy) is 1. The van der Waals surface area contributed by atoms with Crippen molar-refractivity contribution in [2.24, 2.45) is 5.92 Å². The number of nitrogens with zero attached hydrogens (tertiary/aromatic N) is 2. The van der Waals surface area contributed by atoms with E-state index in [1.165, 1.54) is 5.56 Å². The van der Waals surface area contributed by atoms with E-state index in [9.17, 15) is 4.79 Å². The highest BCUT2D eigenvalue weighted by Crippen LogP contribution is 2.52. The van der Waals surface area contributed by atoms with E-state index in [1.807, 2.05) is 24.4 Å². The molecule has 0 N–H and O–H groups in total. The minimum Gasteiger partial charge on any atom is -0.496 e. The number of pyridine rings is 1. The molecule has 1 saturated heterocycles. The van der Waals surface area contributed by atoms with Gasteiger partial charge in [-0.05, 0) is 60.9 Å². The first-order valence-corrected chi connectivity index (χ1v) is 10.3. The normalized spacial score (nSPS) is 22.9. The minimum atomic E-state index is -0.0799. The Bertz CT molecular complexity index is 922. The smallest absolute Gasteiger partial charge is 0.158 e. The van der Waals surface area contributed by atoms with E-state index < -0.39 is 0 Å². The molecule has 1 aromatic carbocycles. The average Bonchev–Trinajstić information content (AvgIpc) is 3.40. The first-order valence-electron chi connectivity index (χ1n) is 10.3. The number of rotatable bonds is 8. The largest absolute Gasteiger partial charge is 0.496 e. The number of carbonyl (C=O) groups excluding carboxylic acids is 1. The van der Waals surface area contributed by atoms with Gasteiger partial charge in [0.05, 0.1) is 13.2 Å². The van der Waals surface area contributed by atoms with Crippen molar-refractivity contribution in [3.63, 3.8) is 0 Å². The molecule has 2 unspecified atom stereocenters. The van der Waals surface area contributed by atoms with E-state index in [0.29, 0.717) is 5.78 Å². The number of carbonyl (C=O) groups is 1. The number of likely N-dealkylation sites (tertiary alicyclic amines) is 1. The molecule has 29 heavy (non-hydrogen) atoms. The van der Waals surface area contributed by atoms with E-state index >= 15 is 0 Å². The lowest BCUT2D eigenvalue weighted by Crippen LogP contribution is -2.35. The van der Waals surface area contributed by atoms with Gasteiger partial charge >= 0.3 is 0 Å². The topological polar surface area (TPSA) is 42.4 Å². The van der Waals surface area contributed by atoms with Crippen LogP contribution in [0.15, 0.2) is 62.0 Å². The molecule has 4 rings (SSSR count). The van der Waals surface area contributed by atoms with Crippen molar-refractivity contribution in [3.8, 4) is 5.75 Å². The lowest BCUT2D eigenvalue weighted by atomic mass is 9.99. The van der Waals surface area contributed by atoms with E-state index in [4.69, 9.17) is 4.74 Å². The van der Waals surface area contributed by atoms with Crippen molar-refractivity contribution in [2.75, 3.05) is 13.7 Å². The van der Waals surface area contributed by atoms with Gasteiger partial charge in [-0.15, -0.1) is 6.58 Å². The summed E-state index contributed by atoms with van der Waals surface area (Å²) in [5.74, 6) is 1.55. The predicted molar refractivity (Wildman–Crippen MR) is 116 cm³/mol. The van der Waals surface area contributed by atoms with Gasteiger partial charge in [0.25, 0.3) is 0 Å². The van der Waals surface area contributed by atoms with Gasteiger partial charge in [-0.2, -0.15) is 0 Å². The zero-order valence-electron chi connectivity index (χ0n) is 17.0. The number of Topliss-reactive ketones (excluding diaryl/α,β-unsaturated/α-hetero) is 1.